The molecule has 84 valence electrons. The van der Waals surface area contributed by atoms with Crippen molar-refractivity contribution in [2.75, 3.05) is 0 Å². The molecule has 1 fully saturated rings. The Morgan fingerprint density at radius 3 is 2.53 bits per heavy atom. The first-order valence-electron chi connectivity index (χ1n) is 4.89. The van der Waals surface area contributed by atoms with Gasteiger partial charge in [0.2, 0.25) is 0 Å². The normalized spacial score (nSPS) is 17.8. The predicted molar refractivity (Wildman–Crippen MR) is 65.6 cm³/mol. The molecule has 0 saturated heterocycles. The van der Waals surface area contributed by atoms with Crippen LogP contribution in [0, 0.1) is 11.7 Å². The van der Waals surface area contributed by atoms with Crippen molar-refractivity contribution in [2.45, 2.75) is 25.3 Å². The molecule has 15 heavy (non-hydrogen) atoms. The fourth-order valence-corrected chi connectivity index (χ4v) is 2.47. The Kier molecular flexibility index (Phi) is 4.56. The first-order valence-corrected chi connectivity index (χ1v) is 5.69. The van der Waals surface area contributed by atoms with Crippen LogP contribution < -0.4 is 5.73 Å². The zero-order valence-corrected chi connectivity index (χ0v) is 10.7. The Labute approximate surface area is 104 Å². The van der Waals surface area contributed by atoms with Gasteiger partial charge in [-0.25, -0.2) is 4.39 Å². The molecule has 1 atom stereocenters. The Morgan fingerprint density at radius 1 is 1.40 bits per heavy atom. The second-order valence-corrected chi connectivity index (χ2v) is 4.71. The van der Waals surface area contributed by atoms with Gasteiger partial charge in [0.25, 0.3) is 0 Å². The van der Waals surface area contributed by atoms with E-state index in [0.29, 0.717) is 11.5 Å². The van der Waals surface area contributed by atoms with Crippen LogP contribution in [0.15, 0.2) is 22.7 Å². The Bertz CT molecular complexity index is 321. The summed E-state index contributed by atoms with van der Waals surface area (Å²) in [6, 6.07) is 4.85. The molecule has 2 rings (SSSR count). The maximum absolute atomic E-state index is 13.5. The van der Waals surface area contributed by atoms with E-state index in [0.717, 1.165) is 17.3 Å². The summed E-state index contributed by atoms with van der Waals surface area (Å²) in [5, 5.41) is 0. The summed E-state index contributed by atoms with van der Waals surface area (Å²) >= 11 is 3.35. The van der Waals surface area contributed by atoms with Crippen molar-refractivity contribution in [3.63, 3.8) is 0 Å². The Hall–Kier alpha value is -0.120. The number of benzene rings is 1. The van der Waals surface area contributed by atoms with Gasteiger partial charge in [0.15, 0.2) is 0 Å². The molecule has 1 nitrogen and oxygen atoms in total. The van der Waals surface area contributed by atoms with E-state index in [1.165, 1.54) is 12.5 Å². The minimum atomic E-state index is -0.196. The van der Waals surface area contributed by atoms with Crippen LogP contribution in [0.3, 0.4) is 0 Å². The average Bonchev–Trinajstić information content (AvgIpc) is 2.00. The lowest BCUT2D eigenvalue weighted by Crippen LogP contribution is -2.27. The molecule has 4 heteroatoms. The summed E-state index contributed by atoms with van der Waals surface area (Å²) in [7, 11) is 0. The number of rotatable bonds is 2. The van der Waals surface area contributed by atoms with E-state index in [4.69, 9.17) is 5.73 Å². The second-order valence-electron chi connectivity index (χ2n) is 3.85. The van der Waals surface area contributed by atoms with E-state index in [1.807, 2.05) is 6.07 Å². The zero-order valence-electron chi connectivity index (χ0n) is 8.25. The largest absolute Gasteiger partial charge is 0.324 e. The van der Waals surface area contributed by atoms with Crippen LogP contribution in [-0.4, -0.2) is 0 Å². The minimum absolute atomic E-state index is 0. The first kappa shape index (κ1) is 12.9. The number of hydrogen-bond acceptors (Lipinski definition) is 1. The van der Waals surface area contributed by atoms with Crippen molar-refractivity contribution in [1.29, 1.82) is 0 Å². The summed E-state index contributed by atoms with van der Waals surface area (Å²) in [6.07, 6.45) is 3.48. The molecule has 1 saturated carbocycles. The van der Waals surface area contributed by atoms with Crippen LogP contribution in [0.2, 0.25) is 0 Å². The maximum atomic E-state index is 13.5. The summed E-state index contributed by atoms with van der Waals surface area (Å²) in [5.41, 5.74) is 6.67. The molecule has 0 heterocycles. The van der Waals surface area contributed by atoms with Gasteiger partial charge in [0, 0.05) is 16.1 Å². The fourth-order valence-electron chi connectivity index (χ4n) is 1.86. The topological polar surface area (TPSA) is 26.0 Å². The van der Waals surface area contributed by atoms with Crippen molar-refractivity contribution in [2.24, 2.45) is 11.7 Å². The fraction of sp³-hybridized carbons (Fsp3) is 0.455. The summed E-state index contributed by atoms with van der Waals surface area (Å²) < 4.78 is 14.3. The quantitative estimate of drug-likeness (QED) is 0.882. The van der Waals surface area contributed by atoms with Crippen LogP contribution in [0.25, 0.3) is 0 Å². The highest BCUT2D eigenvalue weighted by Gasteiger charge is 2.28. The van der Waals surface area contributed by atoms with Crippen molar-refractivity contribution < 1.29 is 4.39 Å². The smallest absolute Gasteiger partial charge is 0.129 e. The lowest BCUT2D eigenvalue weighted by Gasteiger charge is -2.32. The van der Waals surface area contributed by atoms with Crippen molar-refractivity contribution in [1.82, 2.24) is 0 Å². The van der Waals surface area contributed by atoms with Crippen molar-refractivity contribution in [3.8, 4) is 0 Å². The van der Waals surface area contributed by atoms with Gasteiger partial charge in [-0.15, -0.1) is 12.4 Å². The average molecular weight is 295 g/mol. The molecular weight excluding hydrogens is 280 g/mol. The zero-order chi connectivity index (χ0) is 10.1. The van der Waals surface area contributed by atoms with Gasteiger partial charge in [0.1, 0.15) is 5.82 Å². The molecule has 2 N–H and O–H groups in total. The highest BCUT2D eigenvalue weighted by atomic mass is 79.9. The molecule has 1 aliphatic carbocycles. The summed E-state index contributed by atoms with van der Waals surface area (Å²) in [6.45, 7) is 0. The highest BCUT2D eigenvalue weighted by molar-refractivity contribution is 9.10. The van der Waals surface area contributed by atoms with Gasteiger partial charge in [-0.1, -0.05) is 28.4 Å². The van der Waals surface area contributed by atoms with E-state index in [2.05, 4.69) is 15.9 Å². The maximum Gasteiger partial charge on any atom is 0.129 e. The molecule has 0 spiro atoms. The van der Waals surface area contributed by atoms with Gasteiger partial charge in [-0.05, 0) is 30.9 Å². The lowest BCUT2D eigenvalue weighted by atomic mass is 9.77. The van der Waals surface area contributed by atoms with E-state index in [-0.39, 0.29) is 24.3 Å². The van der Waals surface area contributed by atoms with E-state index >= 15 is 0 Å². The third-order valence-electron chi connectivity index (χ3n) is 2.99. The predicted octanol–water partition coefficient (Wildman–Crippen LogP) is 3.81. The van der Waals surface area contributed by atoms with Gasteiger partial charge in [-0.2, -0.15) is 0 Å². The van der Waals surface area contributed by atoms with Gasteiger partial charge < -0.3 is 5.73 Å². The number of halogens is 3. The Morgan fingerprint density at radius 2 is 2.07 bits per heavy atom. The van der Waals surface area contributed by atoms with Crippen LogP contribution in [0.5, 0.6) is 0 Å². The molecule has 1 aliphatic rings. The van der Waals surface area contributed by atoms with Gasteiger partial charge in [-0.3, -0.25) is 0 Å². The standard InChI is InChI=1S/C11H13BrFN.ClH/c12-8-5-2-6-9(13)10(8)11(14)7-3-1-4-7;/h2,5-7,11H,1,3-4,14H2;1H/t11-;/m1./s1. The molecule has 1 aromatic rings. The van der Waals surface area contributed by atoms with Gasteiger partial charge in [0.05, 0.1) is 0 Å². The minimum Gasteiger partial charge on any atom is -0.324 e. The lowest BCUT2D eigenvalue weighted by molar-refractivity contribution is 0.260. The summed E-state index contributed by atoms with van der Waals surface area (Å²) in [4.78, 5) is 0. The third-order valence-corrected chi connectivity index (χ3v) is 3.68. The molecular formula is C11H14BrClFN. The number of nitrogens with two attached hydrogens (primary N) is 1. The van der Waals surface area contributed by atoms with Crippen LogP contribution in [-0.2, 0) is 0 Å². The van der Waals surface area contributed by atoms with E-state index in [1.54, 1.807) is 6.07 Å². The molecule has 1 aromatic carbocycles. The SMILES string of the molecule is Cl.N[C@@H](c1c(F)cccc1Br)C1CCC1. The molecule has 0 unspecified atom stereocenters. The molecule has 0 radical (unpaired) electrons. The molecule has 0 aliphatic heterocycles. The Balaban J connectivity index is 0.00000112. The first-order chi connectivity index (χ1) is 6.70. The van der Waals surface area contributed by atoms with Crippen LogP contribution in [0.4, 0.5) is 4.39 Å². The van der Waals surface area contributed by atoms with Crippen molar-refractivity contribution in [3.05, 3.63) is 34.1 Å². The summed E-state index contributed by atoms with van der Waals surface area (Å²) in [5.74, 6) is 0.266. The molecule has 0 amide bonds. The molecule has 0 bridgehead atoms. The monoisotopic (exact) mass is 293 g/mol. The second kappa shape index (κ2) is 5.28. The highest BCUT2D eigenvalue weighted by Crippen LogP contribution is 2.39. The van der Waals surface area contributed by atoms with Crippen LogP contribution >= 0.6 is 28.3 Å². The number of hydrogen-bond donors (Lipinski definition) is 1. The van der Waals surface area contributed by atoms with Crippen LogP contribution in [0.1, 0.15) is 30.9 Å². The third kappa shape index (κ3) is 2.52. The van der Waals surface area contributed by atoms with E-state index < -0.39 is 0 Å². The van der Waals surface area contributed by atoms with Crippen molar-refractivity contribution >= 4 is 28.3 Å². The molecule has 0 aromatic heterocycles. The van der Waals surface area contributed by atoms with E-state index in [9.17, 15) is 4.39 Å². The van der Waals surface area contributed by atoms with Gasteiger partial charge >= 0.3 is 0 Å².